The van der Waals surface area contributed by atoms with Gasteiger partial charge in [0.25, 0.3) is 5.91 Å². The molecule has 1 unspecified atom stereocenters. The number of carbonyl (C=O) groups is 2. The highest BCUT2D eigenvalue weighted by Gasteiger charge is 2.21. The van der Waals surface area contributed by atoms with Crippen LogP contribution in [0.4, 0.5) is 0 Å². The second-order valence-corrected chi connectivity index (χ2v) is 7.57. The van der Waals surface area contributed by atoms with Crippen molar-refractivity contribution in [1.29, 1.82) is 0 Å². The minimum Gasteiger partial charge on any atom is -0.392 e. The van der Waals surface area contributed by atoms with Gasteiger partial charge in [-0.15, -0.1) is 11.3 Å². The second-order valence-electron chi connectivity index (χ2n) is 6.44. The number of hydrogen-bond donors (Lipinski definition) is 2. The van der Waals surface area contributed by atoms with E-state index >= 15 is 0 Å². The van der Waals surface area contributed by atoms with Crippen LogP contribution in [0, 0.1) is 0 Å². The van der Waals surface area contributed by atoms with Crippen molar-refractivity contribution in [3.63, 3.8) is 0 Å². The molecule has 2 rings (SSSR count). The van der Waals surface area contributed by atoms with Crippen LogP contribution in [0.3, 0.4) is 0 Å². The highest BCUT2D eigenvalue weighted by Crippen LogP contribution is 2.29. The van der Waals surface area contributed by atoms with Gasteiger partial charge in [-0.05, 0) is 58.1 Å². The Labute approximate surface area is 141 Å². The third-order valence-corrected chi connectivity index (χ3v) is 5.26. The van der Waals surface area contributed by atoms with Gasteiger partial charge in [0.15, 0.2) is 0 Å². The molecular formula is C17H26N2O3S. The summed E-state index contributed by atoms with van der Waals surface area (Å²) in [6.45, 7) is 5.69. The van der Waals surface area contributed by atoms with Crippen molar-refractivity contribution in [1.82, 2.24) is 10.2 Å². The average Bonchev–Trinajstić information content (AvgIpc) is 2.93. The molecular weight excluding hydrogens is 312 g/mol. The fourth-order valence-electron chi connectivity index (χ4n) is 2.83. The molecule has 1 aromatic heterocycles. The maximum atomic E-state index is 12.3. The predicted molar refractivity (Wildman–Crippen MR) is 91.8 cm³/mol. The lowest BCUT2D eigenvalue weighted by atomic mass is 9.99. The Morgan fingerprint density at radius 2 is 2.00 bits per heavy atom. The fourth-order valence-corrected chi connectivity index (χ4v) is 4.00. The quantitative estimate of drug-likeness (QED) is 0.833. The molecule has 2 N–H and O–H groups in total. The van der Waals surface area contributed by atoms with Crippen molar-refractivity contribution in [3.8, 4) is 0 Å². The van der Waals surface area contributed by atoms with Crippen molar-refractivity contribution < 1.29 is 14.7 Å². The van der Waals surface area contributed by atoms with Gasteiger partial charge < -0.3 is 15.3 Å². The van der Waals surface area contributed by atoms with Gasteiger partial charge >= 0.3 is 0 Å². The Bertz CT molecular complexity index is 543. The number of aliphatic hydroxyl groups is 1. The van der Waals surface area contributed by atoms with Gasteiger partial charge in [0.1, 0.15) is 0 Å². The zero-order valence-corrected chi connectivity index (χ0v) is 14.9. The largest absolute Gasteiger partial charge is 0.392 e. The number of hydrogen-bond acceptors (Lipinski definition) is 4. The van der Waals surface area contributed by atoms with E-state index in [2.05, 4.69) is 5.32 Å². The topological polar surface area (TPSA) is 69.6 Å². The number of carbonyl (C=O) groups excluding carboxylic acids is 2. The van der Waals surface area contributed by atoms with Gasteiger partial charge in [-0.25, -0.2) is 0 Å². The first-order valence-corrected chi connectivity index (χ1v) is 9.07. The molecule has 0 spiro atoms. The van der Waals surface area contributed by atoms with E-state index in [0.29, 0.717) is 4.88 Å². The first-order valence-electron chi connectivity index (χ1n) is 8.25. The summed E-state index contributed by atoms with van der Waals surface area (Å²) in [6.07, 6.45) is 3.90. The maximum Gasteiger partial charge on any atom is 0.261 e. The number of amides is 2. The zero-order valence-electron chi connectivity index (χ0n) is 14.1. The summed E-state index contributed by atoms with van der Waals surface area (Å²) in [5.74, 6) is -0.353. The third kappa shape index (κ3) is 4.78. The molecule has 128 valence electrons. The fraction of sp³-hybridized carbons (Fsp3) is 0.647. The minimum absolute atomic E-state index is 0.0111. The molecule has 1 aromatic rings. The molecule has 0 saturated carbocycles. The molecule has 0 radical (unpaired) electrons. The Hall–Kier alpha value is -1.40. The van der Waals surface area contributed by atoms with Crippen molar-refractivity contribution in [2.24, 2.45) is 0 Å². The summed E-state index contributed by atoms with van der Waals surface area (Å²) in [5, 5.41) is 12.2. The molecule has 1 heterocycles. The summed E-state index contributed by atoms with van der Waals surface area (Å²) < 4.78 is 0. The van der Waals surface area contributed by atoms with Crippen molar-refractivity contribution in [3.05, 3.63) is 21.4 Å². The van der Waals surface area contributed by atoms with Gasteiger partial charge in [0.2, 0.25) is 5.91 Å². The predicted octanol–water partition coefficient (Wildman–Crippen LogP) is 1.97. The molecule has 0 bridgehead atoms. The summed E-state index contributed by atoms with van der Waals surface area (Å²) in [5.41, 5.74) is 1.29. The van der Waals surface area contributed by atoms with E-state index < -0.39 is 6.10 Å². The highest BCUT2D eigenvalue weighted by molar-refractivity contribution is 7.14. The van der Waals surface area contributed by atoms with Gasteiger partial charge in [0.05, 0.1) is 17.5 Å². The smallest absolute Gasteiger partial charge is 0.261 e. The molecule has 0 fully saturated rings. The normalized spacial score (nSPS) is 15.2. The minimum atomic E-state index is -0.582. The highest BCUT2D eigenvalue weighted by atomic mass is 32.1. The Morgan fingerprint density at radius 3 is 2.61 bits per heavy atom. The second kappa shape index (κ2) is 7.93. The molecule has 0 aliphatic heterocycles. The van der Waals surface area contributed by atoms with E-state index in [9.17, 15) is 14.7 Å². The first-order chi connectivity index (χ1) is 10.9. The lowest BCUT2D eigenvalue weighted by Crippen LogP contribution is -2.46. The number of rotatable bonds is 6. The lowest BCUT2D eigenvalue weighted by molar-refractivity contribution is -0.133. The molecule has 1 aliphatic rings. The summed E-state index contributed by atoms with van der Waals surface area (Å²) in [6, 6.07) is 1.96. The van der Waals surface area contributed by atoms with Crippen LogP contribution in [0.25, 0.3) is 0 Å². The standard InChI is InChI=1S/C17H26N2O3S/c1-11(2)19(10-12(3)20)16(21)9-18-17(22)15-8-13-6-4-5-7-14(13)23-15/h8,11-12,20H,4-7,9-10H2,1-3H3,(H,18,22). The van der Waals surface area contributed by atoms with Crippen LogP contribution in [0.2, 0.25) is 0 Å². The first kappa shape index (κ1) is 17.9. The van der Waals surface area contributed by atoms with E-state index in [1.807, 2.05) is 19.9 Å². The van der Waals surface area contributed by atoms with Gasteiger partial charge in [-0.3, -0.25) is 9.59 Å². The maximum absolute atomic E-state index is 12.3. The van der Waals surface area contributed by atoms with Crippen molar-refractivity contribution in [2.75, 3.05) is 13.1 Å². The number of thiophene rings is 1. The molecule has 1 aliphatic carbocycles. The average molecular weight is 338 g/mol. The van der Waals surface area contributed by atoms with Gasteiger partial charge in [-0.2, -0.15) is 0 Å². The van der Waals surface area contributed by atoms with Crippen LogP contribution in [0.1, 0.15) is 53.7 Å². The molecule has 5 nitrogen and oxygen atoms in total. The van der Waals surface area contributed by atoms with Crippen molar-refractivity contribution in [2.45, 2.75) is 58.6 Å². The summed E-state index contributed by atoms with van der Waals surface area (Å²) in [7, 11) is 0. The zero-order chi connectivity index (χ0) is 17.0. The SMILES string of the molecule is CC(O)CN(C(=O)CNC(=O)c1cc2c(s1)CCCC2)C(C)C. The molecule has 6 heteroatoms. The summed E-state index contributed by atoms with van der Waals surface area (Å²) in [4.78, 5) is 28.1. The van der Waals surface area contributed by atoms with Crippen LogP contribution in [-0.2, 0) is 17.6 Å². The number of nitrogens with one attached hydrogen (secondary N) is 1. The van der Waals surface area contributed by atoms with Crippen LogP contribution in [-0.4, -0.2) is 47.1 Å². The molecule has 0 saturated heterocycles. The monoisotopic (exact) mass is 338 g/mol. The van der Waals surface area contributed by atoms with E-state index in [4.69, 9.17) is 0 Å². The van der Waals surface area contributed by atoms with Gasteiger partial charge in [0, 0.05) is 17.5 Å². The van der Waals surface area contributed by atoms with Crippen LogP contribution < -0.4 is 5.32 Å². The van der Waals surface area contributed by atoms with E-state index in [0.717, 1.165) is 12.8 Å². The lowest BCUT2D eigenvalue weighted by Gasteiger charge is -2.28. The number of aliphatic hydroxyl groups excluding tert-OH is 1. The van der Waals surface area contributed by atoms with Crippen LogP contribution in [0.15, 0.2) is 6.07 Å². The number of aryl methyl sites for hydroxylation is 2. The molecule has 1 atom stereocenters. The number of fused-ring (bicyclic) bond motifs is 1. The van der Waals surface area contributed by atoms with E-state index in [-0.39, 0.29) is 30.9 Å². The van der Waals surface area contributed by atoms with Crippen LogP contribution in [0.5, 0.6) is 0 Å². The Morgan fingerprint density at radius 1 is 1.30 bits per heavy atom. The van der Waals surface area contributed by atoms with Crippen molar-refractivity contribution >= 4 is 23.2 Å². The molecule has 0 aromatic carbocycles. The summed E-state index contributed by atoms with van der Waals surface area (Å²) >= 11 is 1.54. The Balaban J connectivity index is 1.92. The van der Waals surface area contributed by atoms with Crippen LogP contribution >= 0.6 is 11.3 Å². The molecule has 23 heavy (non-hydrogen) atoms. The van der Waals surface area contributed by atoms with E-state index in [1.165, 1.54) is 23.3 Å². The third-order valence-electron chi connectivity index (χ3n) is 4.03. The van der Waals surface area contributed by atoms with E-state index in [1.54, 1.807) is 23.2 Å². The molecule has 2 amide bonds. The Kier molecular flexibility index (Phi) is 6.18. The number of nitrogens with zero attached hydrogens (tertiary/aromatic N) is 1. The van der Waals surface area contributed by atoms with Gasteiger partial charge in [-0.1, -0.05) is 0 Å².